The van der Waals surface area contributed by atoms with Crippen LogP contribution < -0.4 is 5.32 Å². The summed E-state index contributed by atoms with van der Waals surface area (Å²) in [6.07, 6.45) is 6.78. The van der Waals surface area contributed by atoms with Crippen LogP contribution in [0.3, 0.4) is 0 Å². The van der Waals surface area contributed by atoms with Crippen molar-refractivity contribution in [1.82, 2.24) is 10.2 Å². The molecule has 1 heterocycles. The van der Waals surface area contributed by atoms with Crippen molar-refractivity contribution in [3.8, 4) is 0 Å². The molecule has 0 aromatic heterocycles. The monoisotopic (exact) mass is 254 g/mol. The lowest BCUT2D eigenvalue weighted by atomic mass is 9.91. The van der Waals surface area contributed by atoms with Crippen LogP contribution in [0.15, 0.2) is 0 Å². The van der Waals surface area contributed by atoms with Crippen molar-refractivity contribution < 1.29 is 0 Å². The molecule has 1 aliphatic heterocycles. The molecule has 2 atom stereocenters. The van der Waals surface area contributed by atoms with E-state index in [1.165, 1.54) is 58.3 Å². The summed E-state index contributed by atoms with van der Waals surface area (Å²) in [5.74, 6) is 1.71. The van der Waals surface area contributed by atoms with Gasteiger partial charge in [-0.3, -0.25) is 0 Å². The summed E-state index contributed by atoms with van der Waals surface area (Å²) >= 11 is 0. The molecule has 0 spiro atoms. The zero-order valence-corrected chi connectivity index (χ0v) is 13.0. The predicted molar refractivity (Wildman–Crippen MR) is 81.0 cm³/mol. The second-order valence-corrected chi connectivity index (χ2v) is 6.48. The molecule has 0 saturated carbocycles. The summed E-state index contributed by atoms with van der Waals surface area (Å²) in [5, 5.41) is 3.74. The second kappa shape index (κ2) is 8.92. The Kier molecular flexibility index (Phi) is 7.92. The summed E-state index contributed by atoms with van der Waals surface area (Å²) in [6, 6.07) is 0.691. The Labute approximate surface area is 115 Å². The quantitative estimate of drug-likeness (QED) is 0.667. The number of piperidine rings is 1. The topological polar surface area (TPSA) is 15.3 Å². The van der Waals surface area contributed by atoms with Crippen molar-refractivity contribution in [2.24, 2.45) is 11.8 Å². The van der Waals surface area contributed by atoms with Crippen LogP contribution in [-0.4, -0.2) is 37.1 Å². The summed E-state index contributed by atoms with van der Waals surface area (Å²) in [7, 11) is 0. The first-order valence-corrected chi connectivity index (χ1v) is 8.09. The summed E-state index contributed by atoms with van der Waals surface area (Å²) in [4.78, 5) is 2.65. The Morgan fingerprint density at radius 3 is 2.72 bits per heavy atom. The maximum Gasteiger partial charge on any atom is 0.00792 e. The lowest BCUT2D eigenvalue weighted by Crippen LogP contribution is -2.44. The van der Waals surface area contributed by atoms with Crippen molar-refractivity contribution >= 4 is 0 Å². The molecule has 108 valence electrons. The summed E-state index contributed by atoms with van der Waals surface area (Å²) < 4.78 is 0. The van der Waals surface area contributed by atoms with Crippen LogP contribution in [0, 0.1) is 11.8 Å². The van der Waals surface area contributed by atoms with Gasteiger partial charge in [-0.25, -0.2) is 0 Å². The molecule has 0 aromatic rings. The minimum atomic E-state index is 0.691. The van der Waals surface area contributed by atoms with E-state index in [1.54, 1.807) is 0 Å². The summed E-state index contributed by atoms with van der Waals surface area (Å²) in [5.41, 5.74) is 0. The van der Waals surface area contributed by atoms with Crippen LogP contribution in [-0.2, 0) is 0 Å². The first-order chi connectivity index (χ1) is 8.63. The highest BCUT2D eigenvalue weighted by atomic mass is 15.1. The first-order valence-electron chi connectivity index (χ1n) is 8.09. The Morgan fingerprint density at radius 1 is 1.28 bits per heavy atom. The Bertz CT molecular complexity index is 201. The molecule has 1 aliphatic rings. The van der Waals surface area contributed by atoms with Crippen LogP contribution in [0.25, 0.3) is 0 Å². The molecule has 0 radical (unpaired) electrons. The van der Waals surface area contributed by atoms with Crippen LogP contribution in [0.4, 0.5) is 0 Å². The minimum Gasteiger partial charge on any atom is -0.314 e. The Hall–Kier alpha value is -0.0800. The highest BCUT2D eigenvalue weighted by Gasteiger charge is 2.23. The molecule has 1 rings (SSSR count). The zero-order chi connectivity index (χ0) is 13.4. The molecule has 0 amide bonds. The molecule has 0 aromatic carbocycles. The molecule has 0 bridgehead atoms. The predicted octanol–water partition coefficient (Wildman–Crippen LogP) is 3.52. The molecule has 1 saturated heterocycles. The van der Waals surface area contributed by atoms with Gasteiger partial charge in [-0.1, -0.05) is 20.8 Å². The third kappa shape index (κ3) is 6.19. The van der Waals surface area contributed by atoms with E-state index in [1.807, 2.05) is 0 Å². The van der Waals surface area contributed by atoms with E-state index in [0.717, 1.165) is 11.8 Å². The lowest BCUT2D eigenvalue weighted by molar-refractivity contribution is 0.151. The van der Waals surface area contributed by atoms with Crippen LogP contribution in [0.2, 0.25) is 0 Å². The second-order valence-electron chi connectivity index (χ2n) is 6.48. The average Bonchev–Trinajstić information content (AvgIpc) is 2.35. The minimum absolute atomic E-state index is 0.691. The number of nitrogens with zero attached hydrogens (tertiary/aromatic N) is 1. The fourth-order valence-corrected chi connectivity index (χ4v) is 3.03. The molecule has 1 fully saturated rings. The van der Waals surface area contributed by atoms with Crippen molar-refractivity contribution in [3.05, 3.63) is 0 Å². The molecule has 2 unspecified atom stereocenters. The largest absolute Gasteiger partial charge is 0.314 e. The molecule has 0 aliphatic carbocycles. The third-order valence-electron chi connectivity index (χ3n) is 4.21. The van der Waals surface area contributed by atoms with Gasteiger partial charge in [0.05, 0.1) is 0 Å². The number of hydrogen-bond donors (Lipinski definition) is 1. The van der Waals surface area contributed by atoms with Gasteiger partial charge in [0.1, 0.15) is 0 Å². The number of hydrogen-bond acceptors (Lipinski definition) is 2. The van der Waals surface area contributed by atoms with Crippen LogP contribution in [0.5, 0.6) is 0 Å². The number of rotatable bonds is 8. The Balaban J connectivity index is 2.17. The van der Waals surface area contributed by atoms with E-state index in [2.05, 4.69) is 37.9 Å². The van der Waals surface area contributed by atoms with E-state index < -0.39 is 0 Å². The summed E-state index contributed by atoms with van der Waals surface area (Å²) in [6.45, 7) is 14.4. The maximum atomic E-state index is 3.74. The SMILES string of the molecule is CCCN1CCCC(C(C)NCCCC(C)C)C1. The molecule has 2 nitrogen and oxygen atoms in total. The highest BCUT2D eigenvalue weighted by Crippen LogP contribution is 2.20. The molecular formula is C16H34N2. The van der Waals surface area contributed by atoms with Gasteiger partial charge in [0.15, 0.2) is 0 Å². The van der Waals surface area contributed by atoms with Gasteiger partial charge in [0, 0.05) is 12.6 Å². The fraction of sp³-hybridized carbons (Fsp3) is 1.00. The van der Waals surface area contributed by atoms with Gasteiger partial charge in [-0.15, -0.1) is 0 Å². The third-order valence-corrected chi connectivity index (χ3v) is 4.21. The first kappa shape index (κ1) is 16.0. The van der Waals surface area contributed by atoms with E-state index in [-0.39, 0.29) is 0 Å². The van der Waals surface area contributed by atoms with Gasteiger partial charge in [0.2, 0.25) is 0 Å². The molecule has 18 heavy (non-hydrogen) atoms. The van der Waals surface area contributed by atoms with Crippen molar-refractivity contribution in [2.45, 2.75) is 65.8 Å². The standard InChI is InChI=1S/C16H34N2/c1-5-11-18-12-7-9-16(13-18)15(4)17-10-6-8-14(2)3/h14-17H,5-13H2,1-4H3. The normalized spacial score (nSPS) is 23.5. The van der Waals surface area contributed by atoms with Crippen molar-refractivity contribution in [1.29, 1.82) is 0 Å². The fourth-order valence-electron chi connectivity index (χ4n) is 3.03. The van der Waals surface area contributed by atoms with Gasteiger partial charge in [-0.05, 0) is 70.5 Å². The smallest absolute Gasteiger partial charge is 0.00792 e. The van der Waals surface area contributed by atoms with E-state index in [4.69, 9.17) is 0 Å². The van der Waals surface area contributed by atoms with Crippen molar-refractivity contribution in [2.75, 3.05) is 26.2 Å². The van der Waals surface area contributed by atoms with Crippen LogP contribution >= 0.6 is 0 Å². The lowest BCUT2D eigenvalue weighted by Gasteiger charge is -2.36. The van der Waals surface area contributed by atoms with E-state index in [0.29, 0.717) is 6.04 Å². The van der Waals surface area contributed by atoms with E-state index in [9.17, 15) is 0 Å². The molecule has 1 N–H and O–H groups in total. The maximum absolute atomic E-state index is 3.74. The molecular weight excluding hydrogens is 220 g/mol. The highest BCUT2D eigenvalue weighted by molar-refractivity contribution is 4.80. The Morgan fingerprint density at radius 2 is 2.06 bits per heavy atom. The van der Waals surface area contributed by atoms with Gasteiger partial charge in [-0.2, -0.15) is 0 Å². The number of likely N-dealkylation sites (tertiary alicyclic amines) is 1. The zero-order valence-electron chi connectivity index (χ0n) is 13.0. The van der Waals surface area contributed by atoms with Crippen LogP contribution in [0.1, 0.15) is 59.8 Å². The van der Waals surface area contributed by atoms with Gasteiger partial charge in [0.25, 0.3) is 0 Å². The average molecular weight is 254 g/mol. The number of nitrogens with one attached hydrogen (secondary N) is 1. The molecule has 2 heteroatoms. The van der Waals surface area contributed by atoms with E-state index >= 15 is 0 Å². The van der Waals surface area contributed by atoms with Gasteiger partial charge >= 0.3 is 0 Å². The van der Waals surface area contributed by atoms with Gasteiger partial charge < -0.3 is 10.2 Å². The van der Waals surface area contributed by atoms with Crippen molar-refractivity contribution in [3.63, 3.8) is 0 Å².